The molecular formula is C26H33N7O. The lowest BCUT2D eigenvalue weighted by Gasteiger charge is -2.25. The zero-order chi connectivity index (χ0) is 23.5. The van der Waals surface area contributed by atoms with Crippen molar-refractivity contribution in [2.24, 2.45) is 10.2 Å². The third-order valence-corrected chi connectivity index (χ3v) is 6.83. The summed E-state index contributed by atoms with van der Waals surface area (Å²) in [4.78, 5) is 22.4. The summed E-state index contributed by atoms with van der Waals surface area (Å²) in [7, 11) is 0. The van der Waals surface area contributed by atoms with Crippen LogP contribution < -0.4 is 10.6 Å². The number of anilines is 1. The minimum Gasteiger partial charge on any atom is -0.369 e. The van der Waals surface area contributed by atoms with Gasteiger partial charge in [-0.25, -0.2) is 4.98 Å². The van der Waals surface area contributed by atoms with Crippen LogP contribution in [0.15, 0.2) is 63.2 Å². The van der Waals surface area contributed by atoms with Crippen LogP contribution in [-0.2, 0) is 4.79 Å². The van der Waals surface area contributed by atoms with Crippen molar-refractivity contribution < 1.29 is 4.79 Å². The van der Waals surface area contributed by atoms with Gasteiger partial charge in [-0.3, -0.25) is 4.79 Å². The molecule has 1 saturated carbocycles. The molecule has 1 amide bonds. The van der Waals surface area contributed by atoms with Crippen molar-refractivity contribution in [3.8, 4) is 0 Å². The predicted molar refractivity (Wildman–Crippen MR) is 135 cm³/mol. The van der Waals surface area contributed by atoms with Crippen molar-refractivity contribution in [3.63, 3.8) is 0 Å². The van der Waals surface area contributed by atoms with Crippen LogP contribution >= 0.6 is 0 Å². The van der Waals surface area contributed by atoms with Crippen molar-refractivity contribution in [1.29, 1.82) is 0 Å². The molecule has 0 unspecified atom stereocenters. The third-order valence-electron chi connectivity index (χ3n) is 6.83. The molecule has 4 aliphatic rings. The topological polar surface area (TPSA) is 85.2 Å². The van der Waals surface area contributed by atoms with E-state index in [2.05, 4.69) is 42.5 Å². The summed E-state index contributed by atoms with van der Waals surface area (Å²) in [6.45, 7) is 5.52. The molecule has 3 heterocycles. The van der Waals surface area contributed by atoms with Gasteiger partial charge < -0.3 is 20.4 Å². The molecule has 0 aromatic carbocycles. The van der Waals surface area contributed by atoms with Crippen LogP contribution in [0.3, 0.4) is 0 Å². The maximum Gasteiger partial charge on any atom is 0.256 e. The van der Waals surface area contributed by atoms with E-state index in [9.17, 15) is 4.79 Å². The first-order valence-corrected chi connectivity index (χ1v) is 12.4. The van der Waals surface area contributed by atoms with Gasteiger partial charge in [0.05, 0.1) is 18.9 Å². The smallest absolute Gasteiger partial charge is 0.256 e. The number of amides is 1. The second-order valence-corrected chi connectivity index (χ2v) is 9.17. The molecule has 178 valence electrons. The van der Waals surface area contributed by atoms with Gasteiger partial charge in [0.25, 0.3) is 5.91 Å². The van der Waals surface area contributed by atoms with Crippen LogP contribution in [0.25, 0.3) is 0 Å². The minimum atomic E-state index is -0.161. The number of hydrogen-bond acceptors (Lipinski definition) is 7. The largest absolute Gasteiger partial charge is 0.369 e. The molecule has 0 spiro atoms. The number of rotatable bonds is 7. The summed E-state index contributed by atoms with van der Waals surface area (Å²) in [6.07, 6.45) is 13.6. The highest BCUT2D eigenvalue weighted by Gasteiger charge is 2.30. The second-order valence-electron chi connectivity index (χ2n) is 9.17. The fourth-order valence-electron chi connectivity index (χ4n) is 4.78. The normalized spacial score (nSPS) is 20.8. The molecule has 0 radical (unpaired) electrons. The van der Waals surface area contributed by atoms with Crippen LogP contribution in [-0.4, -0.2) is 52.0 Å². The summed E-state index contributed by atoms with van der Waals surface area (Å²) < 4.78 is 0. The number of nitrogens with one attached hydrogen (secondary N) is 2. The van der Waals surface area contributed by atoms with E-state index in [1.54, 1.807) is 0 Å². The maximum atomic E-state index is 13.2. The first-order chi connectivity index (χ1) is 16.7. The Hall–Kier alpha value is -3.42. The SMILES string of the molecule is C/C=C(\C=C(/CC)N1CNC2=C1CCCC2)C(=O)Nc1cccc(C2=NN=CN(C3CC3)C2)n1. The maximum absolute atomic E-state index is 13.2. The quantitative estimate of drug-likeness (QED) is 0.473. The van der Waals surface area contributed by atoms with Gasteiger partial charge in [-0.2, -0.15) is 0 Å². The molecule has 1 aromatic heterocycles. The Balaban J connectivity index is 1.29. The van der Waals surface area contributed by atoms with Gasteiger partial charge in [0.15, 0.2) is 0 Å². The molecule has 0 atom stereocenters. The molecule has 5 rings (SSSR count). The monoisotopic (exact) mass is 459 g/mol. The molecule has 2 aliphatic carbocycles. The lowest BCUT2D eigenvalue weighted by Crippen LogP contribution is -2.33. The molecule has 0 saturated heterocycles. The lowest BCUT2D eigenvalue weighted by molar-refractivity contribution is -0.112. The number of aromatic nitrogens is 1. The fourth-order valence-corrected chi connectivity index (χ4v) is 4.78. The fraction of sp³-hybridized carbons (Fsp3) is 0.462. The predicted octanol–water partition coefficient (Wildman–Crippen LogP) is 4.12. The average Bonchev–Trinajstić information content (AvgIpc) is 3.65. The third kappa shape index (κ3) is 4.76. The van der Waals surface area contributed by atoms with Crippen molar-refractivity contribution in [2.45, 2.75) is 64.8 Å². The second kappa shape index (κ2) is 9.83. The first-order valence-electron chi connectivity index (χ1n) is 12.4. The van der Waals surface area contributed by atoms with Crippen LogP contribution in [0.1, 0.15) is 64.5 Å². The van der Waals surface area contributed by atoms with Gasteiger partial charge in [0.1, 0.15) is 17.9 Å². The van der Waals surface area contributed by atoms with Gasteiger partial charge >= 0.3 is 0 Å². The Morgan fingerprint density at radius 1 is 1.26 bits per heavy atom. The van der Waals surface area contributed by atoms with E-state index >= 15 is 0 Å². The highest BCUT2D eigenvalue weighted by atomic mass is 16.1. The molecule has 8 nitrogen and oxygen atoms in total. The van der Waals surface area contributed by atoms with E-state index in [-0.39, 0.29) is 5.91 Å². The van der Waals surface area contributed by atoms with E-state index in [0.29, 0.717) is 24.0 Å². The summed E-state index contributed by atoms with van der Waals surface area (Å²) in [5.41, 5.74) is 6.11. The van der Waals surface area contributed by atoms with Crippen molar-refractivity contribution in [1.82, 2.24) is 20.1 Å². The van der Waals surface area contributed by atoms with Gasteiger partial charge in [-0.05, 0) is 70.1 Å². The van der Waals surface area contributed by atoms with Crippen molar-refractivity contribution in [3.05, 3.63) is 58.7 Å². The Labute approximate surface area is 201 Å². The molecule has 2 aliphatic heterocycles. The Morgan fingerprint density at radius 3 is 2.91 bits per heavy atom. The van der Waals surface area contributed by atoms with E-state index < -0.39 is 0 Å². The standard InChI is InChI=1S/C26H33N7O/c1-3-18(14-19(4-2)33-16-27-22-8-5-6-10-24(22)33)26(34)30-25-11-7-9-21(29-25)23-15-32(17-28-31-23)20-12-13-20/h3,7,9,11,14,17,20,27H,4-6,8,10,12-13,15-16H2,1-2H3,(H,29,30,34)/b18-3+,19-14+. The number of nitrogens with zero attached hydrogens (tertiary/aromatic N) is 5. The number of allylic oxidation sites excluding steroid dienone is 4. The molecule has 34 heavy (non-hydrogen) atoms. The zero-order valence-electron chi connectivity index (χ0n) is 20.0. The Morgan fingerprint density at radius 2 is 2.12 bits per heavy atom. The van der Waals surface area contributed by atoms with Crippen molar-refractivity contribution in [2.75, 3.05) is 18.5 Å². The Kier molecular flexibility index (Phi) is 6.47. The highest BCUT2D eigenvalue weighted by molar-refractivity contribution is 6.06. The van der Waals surface area contributed by atoms with Gasteiger partial charge in [0, 0.05) is 28.7 Å². The molecule has 1 fully saturated rings. The number of carbonyl (C=O) groups excluding carboxylic acids is 1. The summed E-state index contributed by atoms with van der Waals surface area (Å²) >= 11 is 0. The van der Waals surface area contributed by atoms with E-state index in [0.717, 1.165) is 43.0 Å². The molecule has 1 aromatic rings. The molecular weight excluding hydrogens is 426 g/mol. The summed E-state index contributed by atoms with van der Waals surface area (Å²) in [6, 6.07) is 6.20. The Bertz CT molecular complexity index is 1110. The van der Waals surface area contributed by atoms with Crippen LogP contribution in [0, 0.1) is 0 Å². The minimum absolute atomic E-state index is 0.161. The first kappa shape index (κ1) is 22.4. The van der Waals surface area contributed by atoms with E-state index in [4.69, 9.17) is 0 Å². The van der Waals surface area contributed by atoms with Crippen LogP contribution in [0.5, 0.6) is 0 Å². The average molecular weight is 460 g/mol. The molecule has 0 bridgehead atoms. The zero-order valence-corrected chi connectivity index (χ0v) is 20.0. The number of hydrogen-bond donors (Lipinski definition) is 2. The van der Waals surface area contributed by atoms with Crippen molar-refractivity contribution >= 4 is 23.8 Å². The number of carbonyl (C=O) groups is 1. The van der Waals surface area contributed by atoms with Crippen LogP contribution in [0.2, 0.25) is 0 Å². The summed E-state index contributed by atoms with van der Waals surface area (Å²) in [5, 5.41) is 15.0. The van der Waals surface area contributed by atoms with Gasteiger partial charge in [-0.15, -0.1) is 10.2 Å². The van der Waals surface area contributed by atoms with Gasteiger partial charge in [-0.1, -0.05) is 19.1 Å². The number of pyridine rings is 1. The van der Waals surface area contributed by atoms with E-state index in [1.807, 2.05) is 43.6 Å². The van der Waals surface area contributed by atoms with Crippen LogP contribution in [0.4, 0.5) is 5.82 Å². The highest BCUT2D eigenvalue weighted by Crippen LogP contribution is 2.33. The lowest BCUT2D eigenvalue weighted by atomic mass is 10.0. The summed E-state index contributed by atoms with van der Waals surface area (Å²) in [5.74, 6) is 0.356. The van der Waals surface area contributed by atoms with Gasteiger partial charge in [0.2, 0.25) is 0 Å². The van der Waals surface area contributed by atoms with E-state index in [1.165, 1.54) is 37.1 Å². The molecule has 2 N–H and O–H groups in total. The molecule has 8 heteroatoms.